The van der Waals surface area contributed by atoms with Crippen molar-refractivity contribution < 1.29 is 13.2 Å². The molecule has 96 valence electrons. The second-order valence-electron chi connectivity index (χ2n) is 4.24. The molecule has 2 nitrogen and oxygen atoms in total. The number of furan rings is 1. The van der Waals surface area contributed by atoms with E-state index in [4.69, 9.17) is 4.42 Å². The van der Waals surface area contributed by atoms with Crippen LogP contribution >= 0.6 is 0 Å². The highest BCUT2D eigenvalue weighted by molar-refractivity contribution is 5.21. The van der Waals surface area contributed by atoms with E-state index in [0.29, 0.717) is 6.42 Å². The van der Waals surface area contributed by atoms with Gasteiger partial charge in [-0.15, -0.1) is 0 Å². The number of rotatable bonds is 4. The summed E-state index contributed by atoms with van der Waals surface area (Å²) in [7, 11) is 1.81. The molecule has 0 aliphatic carbocycles. The molecular weight excluding hydrogens is 236 g/mol. The predicted molar refractivity (Wildman–Crippen MR) is 65.3 cm³/mol. The zero-order valence-electron chi connectivity index (χ0n) is 10.3. The minimum atomic E-state index is -0.825. The molecule has 0 aliphatic heterocycles. The highest BCUT2D eigenvalue weighted by Crippen LogP contribution is 2.21. The van der Waals surface area contributed by atoms with E-state index >= 15 is 0 Å². The van der Waals surface area contributed by atoms with Gasteiger partial charge in [-0.3, -0.25) is 0 Å². The summed E-state index contributed by atoms with van der Waals surface area (Å²) in [6, 6.07) is 7.66. The molecule has 0 aliphatic rings. The largest absolute Gasteiger partial charge is 0.465 e. The molecule has 18 heavy (non-hydrogen) atoms. The van der Waals surface area contributed by atoms with Gasteiger partial charge in [0, 0.05) is 0 Å². The molecule has 1 N–H and O–H groups in total. The second kappa shape index (κ2) is 5.31. The summed E-state index contributed by atoms with van der Waals surface area (Å²) in [6.45, 7) is 1.87. The lowest BCUT2D eigenvalue weighted by atomic mass is 10.0. The van der Waals surface area contributed by atoms with Crippen LogP contribution < -0.4 is 5.32 Å². The Hall–Kier alpha value is -1.68. The average molecular weight is 251 g/mol. The van der Waals surface area contributed by atoms with E-state index in [1.807, 2.05) is 26.1 Å². The minimum absolute atomic E-state index is 0.0523. The Kier molecular flexibility index (Phi) is 3.77. The maximum Gasteiger partial charge on any atom is 0.159 e. The number of hydrogen-bond acceptors (Lipinski definition) is 2. The van der Waals surface area contributed by atoms with Crippen LogP contribution in [0.4, 0.5) is 8.78 Å². The van der Waals surface area contributed by atoms with E-state index in [9.17, 15) is 8.78 Å². The summed E-state index contributed by atoms with van der Waals surface area (Å²) in [5.41, 5.74) is 0.724. The van der Waals surface area contributed by atoms with Gasteiger partial charge in [-0.05, 0) is 50.2 Å². The number of nitrogens with one attached hydrogen (secondary N) is 1. The summed E-state index contributed by atoms with van der Waals surface area (Å²) in [4.78, 5) is 0. The highest BCUT2D eigenvalue weighted by atomic mass is 19.2. The maximum absolute atomic E-state index is 13.1. The van der Waals surface area contributed by atoms with Crippen molar-refractivity contribution in [2.45, 2.75) is 19.4 Å². The molecule has 0 spiro atoms. The van der Waals surface area contributed by atoms with E-state index < -0.39 is 11.6 Å². The lowest BCUT2D eigenvalue weighted by molar-refractivity contribution is 0.414. The first-order valence-electron chi connectivity index (χ1n) is 5.77. The van der Waals surface area contributed by atoms with Gasteiger partial charge in [0.25, 0.3) is 0 Å². The van der Waals surface area contributed by atoms with Crippen molar-refractivity contribution in [3.05, 3.63) is 59.1 Å². The van der Waals surface area contributed by atoms with E-state index in [1.165, 1.54) is 6.07 Å². The first kappa shape index (κ1) is 12.8. The Morgan fingerprint density at radius 3 is 2.50 bits per heavy atom. The number of halogens is 2. The van der Waals surface area contributed by atoms with Crippen LogP contribution in [0.2, 0.25) is 0 Å². The fraction of sp³-hybridized carbons (Fsp3) is 0.286. The quantitative estimate of drug-likeness (QED) is 0.901. The van der Waals surface area contributed by atoms with Crippen molar-refractivity contribution in [2.75, 3.05) is 7.05 Å². The number of benzene rings is 1. The molecule has 1 aromatic heterocycles. The van der Waals surface area contributed by atoms with Crippen molar-refractivity contribution in [2.24, 2.45) is 0 Å². The molecule has 0 fully saturated rings. The third-order valence-electron chi connectivity index (χ3n) is 2.88. The summed E-state index contributed by atoms with van der Waals surface area (Å²) in [6.07, 6.45) is 0.542. The molecule has 1 atom stereocenters. The third-order valence-corrected chi connectivity index (χ3v) is 2.88. The Morgan fingerprint density at radius 2 is 1.94 bits per heavy atom. The maximum atomic E-state index is 13.1. The zero-order valence-corrected chi connectivity index (χ0v) is 10.3. The van der Waals surface area contributed by atoms with Crippen LogP contribution in [0.25, 0.3) is 0 Å². The third kappa shape index (κ3) is 2.76. The van der Waals surface area contributed by atoms with Crippen molar-refractivity contribution in [3.63, 3.8) is 0 Å². The molecular formula is C14H15F2NO. The van der Waals surface area contributed by atoms with Gasteiger partial charge in [-0.25, -0.2) is 8.78 Å². The second-order valence-corrected chi connectivity index (χ2v) is 4.24. The number of hydrogen-bond donors (Lipinski definition) is 1. The molecule has 2 aromatic rings. The Bertz CT molecular complexity index is 536. The number of likely N-dealkylation sites (N-methyl/N-ethyl adjacent to an activating group) is 1. The van der Waals surface area contributed by atoms with Gasteiger partial charge in [0.05, 0.1) is 6.04 Å². The van der Waals surface area contributed by atoms with Crippen LogP contribution in [0, 0.1) is 18.6 Å². The summed E-state index contributed by atoms with van der Waals surface area (Å²) in [5.74, 6) is -0.0261. The number of aryl methyl sites for hydroxylation is 1. The smallest absolute Gasteiger partial charge is 0.159 e. The fourth-order valence-electron chi connectivity index (χ4n) is 1.89. The molecule has 4 heteroatoms. The van der Waals surface area contributed by atoms with Gasteiger partial charge in [0.2, 0.25) is 0 Å². The Morgan fingerprint density at radius 1 is 1.17 bits per heavy atom. The molecule has 1 aromatic carbocycles. The summed E-state index contributed by atoms with van der Waals surface area (Å²) >= 11 is 0. The topological polar surface area (TPSA) is 25.2 Å². The average Bonchev–Trinajstić information content (AvgIpc) is 2.77. The van der Waals surface area contributed by atoms with Crippen LogP contribution in [-0.4, -0.2) is 7.05 Å². The van der Waals surface area contributed by atoms with Crippen molar-refractivity contribution in [1.29, 1.82) is 0 Å². The molecule has 0 saturated carbocycles. The fourth-order valence-corrected chi connectivity index (χ4v) is 1.89. The van der Waals surface area contributed by atoms with Crippen molar-refractivity contribution in [1.82, 2.24) is 5.32 Å². The Balaban J connectivity index is 2.17. The zero-order chi connectivity index (χ0) is 13.1. The molecule has 0 bridgehead atoms. The standard InChI is InChI=1S/C14H15F2NO/c1-9-3-6-14(18-9)13(17-2)8-10-4-5-11(15)12(16)7-10/h3-7,13,17H,8H2,1-2H3. The van der Waals surface area contributed by atoms with Crippen LogP contribution in [0.5, 0.6) is 0 Å². The van der Waals surface area contributed by atoms with Crippen LogP contribution in [0.3, 0.4) is 0 Å². The van der Waals surface area contributed by atoms with E-state index in [2.05, 4.69) is 5.32 Å². The van der Waals surface area contributed by atoms with Crippen LogP contribution in [0.1, 0.15) is 23.1 Å². The molecule has 0 saturated heterocycles. The normalized spacial score (nSPS) is 12.7. The molecule has 0 amide bonds. The van der Waals surface area contributed by atoms with E-state index in [-0.39, 0.29) is 6.04 Å². The van der Waals surface area contributed by atoms with Crippen LogP contribution in [0.15, 0.2) is 34.7 Å². The minimum Gasteiger partial charge on any atom is -0.465 e. The van der Waals surface area contributed by atoms with Gasteiger partial charge in [0.1, 0.15) is 11.5 Å². The van der Waals surface area contributed by atoms with Crippen molar-refractivity contribution >= 4 is 0 Å². The van der Waals surface area contributed by atoms with Gasteiger partial charge in [-0.1, -0.05) is 6.07 Å². The first-order valence-corrected chi connectivity index (χ1v) is 5.77. The summed E-state index contributed by atoms with van der Waals surface area (Å²) in [5, 5.41) is 3.10. The lowest BCUT2D eigenvalue weighted by Crippen LogP contribution is -2.18. The van der Waals surface area contributed by atoms with E-state index in [0.717, 1.165) is 23.2 Å². The molecule has 1 heterocycles. The predicted octanol–water partition coefficient (Wildman–Crippen LogP) is 3.37. The van der Waals surface area contributed by atoms with E-state index in [1.54, 1.807) is 6.07 Å². The van der Waals surface area contributed by atoms with Crippen LogP contribution in [-0.2, 0) is 6.42 Å². The SMILES string of the molecule is CNC(Cc1ccc(F)c(F)c1)c1ccc(C)o1. The van der Waals surface area contributed by atoms with Crippen molar-refractivity contribution in [3.8, 4) is 0 Å². The van der Waals surface area contributed by atoms with Gasteiger partial charge >= 0.3 is 0 Å². The summed E-state index contributed by atoms with van der Waals surface area (Å²) < 4.78 is 31.5. The van der Waals surface area contributed by atoms with Gasteiger partial charge in [-0.2, -0.15) is 0 Å². The lowest BCUT2D eigenvalue weighted by Gasteiger charge is -2.13. The molecule has 0 radical (unpaired) electrons. The first-order chi connectivity index (χ1) is 8.60. The van der Waals surface area contributed by atoms with Gasteiger partial charge in [0.15, 0.2) is 11.6 Å². The monoisotopic (exact) mass is 251 g/mol. The Labute approximate surface area is 105 Å². The molecule has 2 rings (SSSR count). The van der Waals surface area contributed by atoms with Gasteiger partial charge < -0.3 is 9.73 Å². The molecule has 1 unspecified atom stereocenters. The highest BCUT2D eigenvalue weighted by Gasteiger charge is 2.14.